The van der Waals surface area contributed by atoms with Crippen LogP contribution >= 0.6 is 0 Å². The molecule has 17 heavy (non-hydrogen) atoms. The molecular formula is C16H21N. The Morgan fingerprint density at radius 2 is 2.12 bits per heavy atom. The topological polar surface area (TPSA) is 12.9 Å². The van der Waals surface area contributed by atoms with E-state index in [0.29, 0.717) is 0 Å². The molecule has 0 N–H and O–H groups in total. The van der Waals surface area contributed by atoms with Crippen LogP contribution < -0.4 is 0 Å². The van der Waals surface area contributed by atoms with E-state index in [9.17, 15) is 0 Å². The van der Waals surface area contributed by atoms with Crippen molar-refractivity contribution in [1.82, 2.24) is 4.98 Å². The van der Waals surface area contributed by atoms with Crippen molar-refractivity contribution in [3.8, 4) is 0 Å². The predicted molar refractivity (Wildman–Crippen MR) is 75.8 cm³/mol. The zero-order valence-electron chi connectivity index (χ0n) is 11.0. The summed E-state index contributed by atoms with van der Waals surface area (Å²) in [5, 5.41) is 0. The predicted octanol–water partition coefficient (Wildman–Crippen LogP) is 4.57. The number of aryl methyl sites for hydroxylation is 1. The number of hydrogen-bond donors (Lipinski definition) is 0. The van der Waals surface area contributed by atoms with Gasteiger partial charge in [-0.2, -0.15) is 0 Å². The van der Waals surface area contributed by atoms with E-state index in [1.54, 1.807) is 0 Å². The van der Waals surface area contributed by atoms with E-state index >= 15 is 0 Å². The highest BCUT2D eigenvalue weighted by Gasteiger charge is 2.04. The summed E-state index contributed by atoms with van der Waals surface area (Å²) in [4.78, 5) is 4.53. The van der Waals surface area contributed by atoms with Gasteiger partial charge in [0.25, 0.3) is 0 Å². The standard InChI is InChI=1S/C16H21N/c1-5-9-15(14(7-3)8-4)16-11-10-13(6-2)12-17-16/h5,7,9-12H,3,6,8H2,1-2,4H3/b9-5-,15-14-. The summed E-state index contributed by atoms with van der Waals surface area (Å²) in [6.07, 6.45) is 10.0. The van der Waals surface area contributed by atoms with Crippen LogP contribution in [0.4, 0.5) is 0 Å². The third-order valence-corrected chi connectivity index (χ3v) is 2.82. The van der Waals surface area contributed by atoms with E-state index in [4.69, 9.17) is 0 Å². The summed E-state index contributed by atoms with van der Waals surface area (Å²) < 4.78 is 0. The fourth-order valence-corrected chi connectivity index (χ4v) is 1.76. The van der Waals surface area contributed by atoms with Gasteiger partial charge in [0.15, 0.2) is 0 Å². The van der Waals surface area contributed by atoms with Crippen LogP contribution in [0.2, 0.25) is 0 Å². The Kier molecular flexibility index (Phi) is 5.41. The Morgan fingerprint density at radius 3 is 2.53 bits per heavy atom. The van der Waals surface area contributed by atoms with Crippen molar-refractivity contribution in [2.24, 2.45) is 0 Å². The van der Waals surface area contributed by atoms with E-state index in [-0.39, 0.29) is 0 Å². The first-order valence-electron chi connectivity index (χ1n) is 6.20. The molecule has 1 aromatic rings. The van der Waals surface area contributed by atoms with Gasteiger partial charge in [-0.05, 0) is 37.0 Å². The van der Waals surface area contributed by atoms with Crippen molar-refractivity contribution < 1.29 is 0 Å². The van der Waals surface area contributed by atoms with E-state index in [1.165, 1.54) is 16.7 Å². The molecule has 0 saturated carbocycles. The molecule has 1 heteroatoms. The molecule has 0 aliphatic heterocycles. The summed E-state index contributed by atoms with van der Waals surface area (Å²) in [5.41, 5.74) is 4.70. The van der Waals surface area contributed by atoms with Gasteiger partial charge in [-0.25, -0.2) is 0 Å². The lowest BCUT2D eigenvalue weighted by atomic mass is 10.0. The van der Waals surface area contributed by atoms with E-state index in [1.807, 2.05) is 25.3 Å². The van der Waals surface area contributed by atoms with Crippen LogP contribution in [-0.2, 0) is 6.42 Å². The second kappa shape index (κ2) is 6.85. The van der Waals surface area contributed by atoms with Crippen LogP contribution in [0.25, 0.3) is 5.57 Å². The molecule has 0 bridgehead atoms. The molecule has 0 aliphatic carbocycles. The Bertz CT molecular complexity index is 421. The number of hydrogen-bond acceptors (Lipinski definition) is 1. The number of pyridine rings is 1. The smallest absolute Gasteiger partial charge is 0.0704 e. The average Bonchev–Trinajstić information content (AvgIpc) is 2.39. The van der Waals surface area contributed by atoms with Crippen LogP contribution in [0.5, 0.6) is 0 Å². The Labute approximate surface area is 105 Å². The zero-order chi connectivity index (χ0) is 12.7. The van der Waals surface area contributed by atoms with Gasteiger partial charge in [-0.1, -0.05) is 44.7 Å². The molecule has 0 aromatic carbocycles. The number of rotatable bonds is 5. The van der Waals surface area contributed by atoms with Crippen LogP contribution in [0.15, 0.2) is 48.7 Å². The normalized spacial score (nSPS) is 12.6. The number of nitrogens with zero attached hydrogens (tertiary/aromatic N) is 1. The van der Waals surface area contributed by atoms with Crippen molar-refractivity contribution in [2.75, 3.05) is 0 Å². The van der Waals surface area contributed by atoms with Gasteiger partial charge in [-0.3, -0.25) is 4.98 Å². The molecule has 1 aromatic heterocycles. The maximum Gasteiger partial charge on any atom is 0.0704 e. The minimum atomic E-state index is 0.973. The lowest BCUT2D eigenvalue weighted by molar-refractivity contribution is 1.09. The van der Waals surface area contributed by atoms with Gasteiger partial charge in [-0.15, -0.1) is 0 Å². The van der Waals surface area contributed by atoms with Gasteiger partial charge in [0.2, 0.25) is 0 Å². The third-order valence-electron chi connectivity index (χ3n) is 2.82. The van der Waals surface area contributed by atoms with Crippen LogP contribution in [0, 0.1) is 0 Å². The molecule has 1 rings (SSSR count). The van der Waals surface area contributed by atoms with E-state index < -0.39 is 0 Å². The van der Waals surface area contributed by atoms with Crippen LogP contribution in [0.3, 0.4) is 0 Å². The molecule has 0 saturated heterocycles. The highest BCUT2D eigenvalue weighted by atomic mass is 14.7. The average molecular weight is 227 g/mol. The lowest BCUT2D eigenvalue weighted by Crippen LogP contribution is -1.92. The molecule has 90 valence electrons. The summed E-state index contributed by atoms with van der Waals surface area (Å²) in [6.45, 7) is 10.2. The molecule has 0 spiro atoms. The van der Waals surface area contributed by atoms with Crippen molar-refractivity contribution in [1.29, 1.82) is 0 Å². The van der Waals surface area contributed by atoms with Crippen molar-refractivity contribution in [2.45, 2.75) is 33.6 Å². The number of aromatic nitrogens is 1. The third kappa shape index (κ3) is 3.42. The maximum atomic E-state index is 4.53. The van der Waals surface area contributed by atoms with Gasteiger partial charge in [0.05, 0.1) is 5.69 Å². The molecule has 1 heterocycles. The fourth-order valence-electron chi connectivity index (χ4n) is 1.76. The first kappa shape index (κ1) is 13.4. The molecule has 0 fully saturated rings. The Morgan fingerprint density at radius 1 is 1.35 bits per heavy atom. The SMILES string of the molecule is C=C/C(CC)=C(\C=C/C)c1ccc(CC)cn1. The van der Waals surface area contributed by atoms with E-state index in [2.05, 4.69) is 43.6 Å². The van der Waals surface area contributed by atoms with Crippen LogP contribution in [0.1, 0.15) is 38.4 Å². The molecule has 0 aliphatic rings. The highest BCUT2D eigenvalue weighted by Crippen LogP contribution is 2.21. The lowest BCUT2D eigenvalue weighted by Gasteiger charge is -2.07. The first-order chi connectivity index (χ1) is 8.26. The molecule has 0 radical (unpaired) electrons. The van der Waals surface area contributed by atoms with E-state index in [0.717, 1.165) is 18.5 Å². The Hall–Kier alpha value is -1.63. The molecule has 0 atom stereocenters. The summed E-state index contributed by atoms with van der Waals surface area (Å²) in [6, 6.07) is 4.23. The molecule has 1 nitrogen and oxygen atoms in total. The minimum absolute atomic E-state index is 0.973. The minimum Gasteiger partial charge on any atom is -0.256 e. The highest BCUT2D eigenvalue weighted by molar-refractivity contribution is 5.76. The molecule has 0 unspecified atom stereocenters. The summed E-state index contributed by atoms with van der Waals surface area (Å²) >= 11 is 0. The van der Waals surface area contributed by atoms with Gasteiger partial charge >= 0.3 is 0 Å². The van der Waals surface area contributed by atoms with Crippen molar-refractivity contribution >= 4 is 5.57 Å². The fraction of sp³-hybridized carbons (Fsp3) is 0.312. The zero-order valence-corrected chi connectivity index (χ0v) is 11.0. The monoisotopic (exact) mass is 227 g/mol. The van der Waals surface area contributed by atoms with Crippen molar-refractivity contribution in [3.63, 3.8) is 0 Å². The van der Waals surface area contributed by atoms with Gasteiger partial charge in [0, 0.05) is 11.8 Å². The second-order valence-corrected chi connectivity index (χ2v) is 3.90. The van der Waals surface area contributed by atoms with Gasteiger partial charge < -0.3 is 0 Å². The second-order valence-electron chi connectivity index (χ2n) is 3.90. The molecular weight excluding hydrogens is 206 g/mol. The van der Waals surface area contributed by atoms with Gasteiger partial charge in [0.1, 0.15) is 0 Å². The number of allylic oxidation sites excluding steroid dienone is 5. The first-order valence-corrected chi connectivity index (χ1v) is 6.20. The molecule has 0 amide bonds. The summed E-state index contributed by atoms with van der Waals surface area (Å²) in [5.74, 6) is 0. The van der Waals surface area contributed by atoms with Crippen molar-refractivity contribution in [3.05, 3.63) is 60.0 Å². The Balaban J connectivity index is 3.22. The van der Waals surface area contributed by atoms with Crippen LogP contribution in [-0.4, -0.2) is 4.98 Å². The maximum absolute atomic E-state index is 4.53. The quantitative estimate of drug-likeness (QED) is 0.671. The largest absolute Gasteiger partial charge is 0.256 e. The summed E-state index contributed by atoms with van der Waals surface area (Å²) in [7, 11) is 0.